The van der Waals surface area contributed by atoms with Gasteiger partial charge < -0.3 is 10.4 Å². The number of hydrogen-bond donors (Lipinski definition) is 2. The average molecular weight is 159 g/mol. The molecule has 0 amide bonds. The van der Waals surface area contributed by atoms with Crippen molar-refractivity contribution in [3.8, 4) is 0 Å². The highest BCUT2D eigenvalue weighted by Gasteiger charge is 2.16. The van der Waals surface area contributed by atoms with Gasteiger partial charge in [-0.3, -0.25) is 4.79 Å². The Hall–Kier alpha value is -0.570. The molecule has 2 N–H and O–H groups in total. The topological polar surface area (TPSA) is 49.3 Å². The minimum Gasteiger partial charge on any atom is -0.481 e. The zero-order chi connectivity index (χ0) is 8.85. The number of carbonyl (C=O) groups is 1. The lowest BCUT2D eigenvalue weighted by Gasteiger charge is -2.14. The van der Waals surface area contributed by atoms with E-state index in [1.807, 2.05) is 20.9 Å². The molecule has 0 saturated carbocycles. The fourth-order valence-electron chi connectivity index (χ4n) is 0.987. The van der Waals surface area contributed by atoms with Crippen LogP contribution in [0.2, 0.25) is 0 Å². The highest BCUT2D eigenvalue weighted by molar-refractivity contribution is 5.69. The molecule has 0 heterocycles. The van der Waals surface area contributed by atoms with Gasteiger partial charge in [0, 0.05) is 6.04 Å². The molecule has 0 fully saturated rings. The quantitative estimate of drug-likeness (QED) is 0.631. The first-order chi connectivity index (χ1) is 5.11. The first kappa shape index (κ1) is 10.4. The van der Waals surface area contributed by atoms with Gasteiger partial charge in [-0.05, 0) is 26.8 Å². The fraction of sp³-hybridized carbons (Fsp3) is 0.875. The number of carboxylic acids is 1. The fourth-order valence-corrected chi connectivity index (χ4v) is 0.987. The second-order valence-electron chi connectivity index (χ2n) is 2.87. The van der Waals surface area contributed by atoms with Crippen molar-refractivity contribution in [1.29, 1.82) is 0 Å². The maximum Gasteiger partial charge on any atom is 0.306 e. The molecular formula is C8H17NO2. The van der Waals surface area contributed by atoms with E-state index in [9.17, 15) is 4.79 Å². The molecule has 0 rings (SSSR count). The molecule has 0 saturated heterocycles. The molecular weight excluding hydrogens is 142 g/mol. The summed E-state index contributed by atoms with van der Waals surface area (Å²) in [5.41, 5.74) is 0. The zero-order valence-corrected chi connectivity index (χ0v) is 7.42. The van der Waals surface area contributed by atoms with E-state index in [4.69, 9.17) is 5.11 Å². The molecule has 0 bridgehead atoms. The largest absolute Gasteiger partial charge is 0.481 e. The summed E-state index contributed by atoms with van der Waals surface area (Å²) in [6, 6.07) is 0.288. The van der Waals surface area contributed by atoms with Crippen LogP contribution in [0.25, 0.3) is 0 Å². The van der Waals surface area contributed by atoms with E-state index in [0.717, 1.165) is 0 Å². The van der Waals surface area contributed by atoms with Crippen molar-refractivity contribution in [3.63, 3.8) is 0 Å². The van der Waals surface area contributed by atoms with E-state index >= 15 is 0 Å². The Morgan fingerprint density at radius 2 is 2.18 bits per heavy atom. The van der Waals surface area contributed by atoms with Gasteiger partial charge in [-0.25, -0.2) is 0 Å². The van der Waals surface area contributed by atoms with Crippen LogP contribution in [0.3, 0.4) is 0 Å². The summed E-state index contributed by atoms with van der Waals surface area (Å²) in [6.07, 6.45) is 1.42. The summed E-state index contributed by atoms with van der Waals surface area (Å²) in [5.74, 6) is -0.882. The highest BCUT2D eigenvalue weighted by atomic mass is 16.4. The summed E-state index contributed by atoms with van der Waals surface area (Å²) < 4.78 is 0. The van der Waals surface area contributed by atoms with Gasteiger partial charge in [-0.1, -0.05) is 6.92 Å². The van der Waals surface area contributed by atoms with Crippen LogP contribution in [0.1, 0.15) is 26.7 Å². The Morgan fingerprint density at radius 1 is 1.64 bits per heavy atom. The third-order valence-corrected chi connectivity index (χ3v) is 1.97. The van der Waals surface area contributed by atoms with Gasteiger partial charge in [0.25, 0.3) is 0 Å². The lowest BCUT2D eigenvalue weighted by molar-refractivity contribution is -0.142. The lowest BCUT2D eigenvalue weighted by atomic mass is 9.98. The number of aliphatic carboxylic acids is 1. The van der Waals surface area contributed by atoms with Crippen LogP contribution < -0.4 is 5.32 Å². The van der Waals surface area contributed by atoms with Gasteiger partial charge in [-0.15, -0.1) is 0 Å². The van der Waals surface area contributed by atoms with E-state index in [-0.39, 0.29) is 12.0 Å². The summed E-state index contributed by atoms with van der Waals surface area (Å²) in [7, 11) is 1.85. The van der Waals surface area contributed by atoms with Crippen molar-refractivity contribution in [3.05, 3.63) is 0 Å². The van der Waals surface area contributed by atoms with Crippen LogP contribution in [0.15, 0.2) is 0 Å². The van der Waals surface area contributed by atoms with Gasteiger partial charge >= 0.3 is 5.97 Å². The molecule has 0 aromatic heterocycles. The van der Waals surface area contributed by atoms with Crippen LogP contribution >= 0.6 is 0 Å². The SMILES string of the molecule is CCC(CC(C)NC)C(=O)O. The number of nitrogens with one attached hydrogen (secondary N) is 1. The average Bonchev–Trinajstić information content (AvgIpc) is 1.99. The minimum absolute atomic E-state index is 0.197. The minimum atomic E-state index is -0.686. The molecule has 66 valence electrons. The van der Waals surface area contributed by atoms with Crippen molar-refractivity contribution in [2.75, 3.05) is 7.05 Å². The van der Waals surface area contributed by atoms with E-state index in [1.165, 1.54) is 0 Å². The normalized spacial score (nSPS) is 15.9. The Morgan fingerprint density at radius 3 is 2.45 bits per heavy atom. The molecule has 0 aromatic rings. The monoisotopic (exact) mass is 159 g/mol. The van der Waals surface area contributed by atoms with Crippen molar-refractivity contribution >= 4 is 5.97 Å². The molecule has 2 unspecified atom stereocenters. The Bertz CT molecular complexity index is 125. The Balaban J connectivity index is 3.77. The maximum absolute atomic E-state index is 10.6. The predicted molar refractivity (Wildman–Crippen MR) is 44.6 cm³/mol. The molecule has 0 radical (unpaired) electrons. The predicted octanol–water partition coefficient (Wildman–Crippen LogP) is 1.10. The standard InChI is InChI=1S/C8H17NO2/c1-4-7(8(10)11)5-6(2)9-3/h6-7,9H,4-5H2,1-3H3,(H,10,11). The molecule has 11 heavy (non-hydrogen) atoms. The second kappa shape index (κ2) is 5.13. The maximum atomic E-state index is 10.6. The summed E-state index contributed by atoms with van der Waals surface area (Å²) >= 11 is 0. The molecule has 0 aromatic carbocycles. The third-order valence-electron chi connectivity index (χ3n) is 1.97. The van der Waals surface area contributed by atoms with Crippen LogP contribution in [0.5, 0.6) is 0 Å². The summed E-state index contributed by atoms with van der Waals surface area (Å²) in [4.78, 5) is 10.6. The Kier molecular flexibility index (Phi) is 4.86. The van der Waals surface area contributed by atoms with Gasteiger partial charge in [0.05, 0.1) is 5.92 Å². The van der Waals surface area contributed by atoms with E-state index < -0.39 is 5.97 Å². The first-order valence-corrected chi connectivity index (χ1v) is 4.01. The van der Waals surface area contributed by atoms with Gasteiger partial charge in [0.1, 0.15) is 0 Å². The van der Waals surface area contributed by atoms with Gasteiger partial charge in [0.2, 0.25) is 0 Å². The van der Waals surface area contributed by atoms with Gasteiger partial charge in [0.15, 0.2) is 0 Å². The van der Waals surface area contributed by atoms with Crippen molar-refractivity contribution < 1.29 is 9.90 Å². The van der Waals surface area contributed by atoms with Crippen molar-refractivity contribution in [1.82, 2.24) is 5.32 Å². The lowest BCUT2D eigenvalue weighted by Crippen LogP contribution is -2.27. The summed E-state index contributed by atoms with van der Waals surface area (Å²) in [5, 5.41) is 11.7. The molecule has 3 heteroatoms. The molecule has 0 spiro atoms. The highest BCUT2D eigenvalue weighted by Crippen LogP contribution is 2.10. The van der Waals surface area contributed by atoms with Crippen LogP contribution in [-0.2, 0) is 4.79 Å². The van der Waals surface area contributed by atoms with Crippen molar-refractivity contribution in [2.24, 2.45) is 5.92 Å². The van der Waals surface area contributed by atoms with Crippen LogP contribution in [-0.4, -0.2) is 24.2 Å². The Labute approximate surface area is 67.8 Å². The van der Waals surface area contributed by atoms with E-state index in [0.29, 0.717) is 12.8 Å². The third kappa shape index (κ3) is 3.98. The van der Waals surface area contributed by atoms with Gasteiger partial charge in [-0.2, -0.15) is 0 Å². The zero-order valence-electron chi connectivity index (χ0n) is 7.42. The van der Waals surface area contributed by atoms with E-state index in [1.54, 1.807) is 0 Å². The van der Waals surface area contributed by atoms with Crippen LogP contribution in [0, 0.1) is 5.92 Å². The first-order valence-electron chi connectivity index (χ1n) is 4.01. The molecule has 3 nitrogen and oxygen atoms in total. The smallest absolute Gasteiger partial charge is 0.306 e. The molecule has 0 aliphatic heterocycles. The number of carboxylic acid groups (broad SMARTS) is 1. The second-order valence-corrected chi connectivity index (χ2v) is 2.87. The number of rotatable bonds is 5. The number of hydrogen-bond acceptors (Lipinski definition) is 2. The van der Waals surface area contributed by atoms with Crippen LogP contribution in [0.4, 0.5) is 0 Å². The summed E-state index contributed by atoms with van der Waals surface area (Å²) in [6.45, 7) is 3.90. The van der Waals surface area contributed by atoms with E-state index in [2.05, 4.69) is 5.32 Å². The van der Waals surface area contributed by atoms with Crippen molar-refractivity contribution in [2.45, 2.75) is 32.7 Å². The molecule has 0 aliphatic rings. The molecule has 2 atom stereocenters. The molecule has 0 aliphatic carbocycles.